The smallest absolute Gasteiger partial charge is 0.205 e. The van der Waals surface area contributed by atoms with E-state index in [1.54, 1.807) is 6.92 Å². The van der Waals surface area contributed by atoms with E-state index in [0.717, 1.165) is 5.57 Å². The van der Waals surface area contributed by atoms with E-state index >= 15 is 0 Å². The Morgan fingerprint density at radius 1 is 1.36 bits per heavy atom. The summed E-state index contributed by atoms with van der Waals surface area (Å²) in [6.45, 7) is 12.5. The van der Waals surface area contributed by atoms with Gasteiger partial charge in [-0.1, -0.05) is 20.4 Å². The van der Waals surface area contributed by atoms with Gasteiger partial charge in [0.25, 0.3) is 0 Å². The highest BCUT2D eigenvalue weighted by Crippen LogP contribution is 2.10. The molecule has 0 saturated heterocycles. The van der Waals surface area contributed by atoms with Gasteiger partial charge in [-0.2, -0.15) is 4.39 Å². The maximum Gasteiger partial charge on any atom is 0.205 e. The van der Waals surface area contributed by atoms with Crippen molar-refractivity contribution in [2.75, 3.05) is 0 Å². The summed E-state index contributed by atoms with van der Waals surface area (Å²) in [5, 5.41) is 0. The third kappa shape index (κ3) is 3.71. The highest BCUT2D eigenvalue weighted by Gasteiger charge is 2.03. The molecule has 0 bridgehead atoms. The lowest BCUT2D eigenvalue weighted by Crippen LogP contribution is -2.02. The van der Waals surface area contributed by atoms with Gasteiger partial charge in [0.05, 0.1) is 0 Å². The van der Waals surface area contributed by atoms with Gasteiger partial charge in [-0.25, -0.2) is 4.99 Å². The molecule has 0 rings (SSSR count). The predicted molar refractivity (Wildman–Crippen MR) is 47.3 cm³/mol. The van der Waals surface area contributed by atoms with E-state index in [9.17, 15) is 4.39 Å². The predicted octanol–water partition coefficient (Wildman–Crippen LogP) is 3.10. The van der Waals surface area contributed by atoms with Crippen LogP contribution >= 0.6 is 0 Å². The number of hydrogen-bond donors (Lipinski definition) is 0. The summed E-state index contributed by atoms with van der Waals surface area (Å²) < 4.78 is 12.2. The zero-order valence-electron chi connectivity index (χ0n) is 7.32. The van der Waals surface area contributed by atoms with Gasteiger partial charge in [0.2, 0.25) is 5.95 Å². The average molecular weight is 155 g/mol. The van der Waals surface area contributed by atoms with Crippen LogP contribution in [0.1, 0.15) is 20.8 Å². The molecule has 0 amide bonds. The van der Waals surface area contributed by atoms with Gasteiger partial charge in [0, 0.05) is 5.71 Å². The minimum absolute atomic E-state index is 0.304. The molecule has 0 aliphatic heterocycles. The molecule has 0 fully saturated rings. The standard InChI is InChI=1S/C9H14FN/c1-6(2)7(3)8(4)11-9(5)10/h6H,3,5H2,1-2,4H3/b11-8-. The lowest BCUT2D eigenvalue weighted by atomic mass is 10.0. The summed E-state index contributed by atoms with van der Waals surface area (Å²) in [6.07, 6.45) is 0. The van der Waals surface area contributed by atoms with Gasteiger partial charge in [0.1, 0.15) is 0 Å². The molecule has 0 heterocycles. The van der Waals surface area contributed by atoms with Crippen LogP contribution in [0.5, 0.6) is 0 Å². The van der Waals surface area contributed by atoms with Crippen LogP contribution in [-0.4, -0.2) is 5.71 Å². The molecular formula is C9H14FN. The summed E-state index contributed by atoms with van der Waals surface area (Å²) in [5.41, 5.74) is 1.47. The van der Waals surface area contributed by atoms with Crippen LogP contribution < -0.4 is 0 Å². The maximum atomic E-state index is 12.2. The molecule has 0 aromatic rings. The first-order chi connectivity index (χ1) is 4.95. The lowest BCUT2D eigenvalue weighted by Gasteiger charge is -2.07. The normalized spacial score (nSPS) is 11.9. The highest BCUT2D eigenvalue weighted by molar-refractivity contribution is 5.98. The average Bonchev–Trinajstić information content (AvgIpc) is 1.84. The molecule has 0 spiro atoms. The van der Waals surface area contributed by atoms with Crippen LogP contribution in [-0.2, 0) is 0 Å². The van der Waals surface area contributed by atoms with E-state index in [-0.39, 0.29) is 0 Å². The van der Waals surface area contributed by atoms with Gasteiger partial charge < -0.3 is 0 Å². The second kappa shape index (κ2) is 4.06. The van der Waals surface area contributed by atoms with Crippen molar-refractivity contribution < 1.29 is 4.39 Å². The molecule has 0 aromatic carbocycles. The largest absolute Gasteiger partial charge is 0.225 e. The van der Waals surface area contributed by atoms with Crippen LogP contribution in [0.3, 0.4) is 0 Å². The molecule has 1 nitrogen and oxygen atoms in total. The first kappa shape index (κ1) is 10.1. The van der Waals surface area contributed by atoms with E-state index in [1.807, 2.05) is 13.8 Å². The molecule has 0 N–H and O–H groups in total. The highest BCUT2D eigenvalue weighted by atomic mass is 19.1. The number of aliphatic imine (C=N–C) groups is 1. The van der Waals surface area contributed by atoms with Crippen LogP contribution in [0.2, 0.25) is 0 Å². The first-order valence-electron chi connectivity index (χ1n) is 3.54. The fourth-order valence-electron chi connectivity index (χ4n) is 0.672. The van der Waals surface area contributed by atoms with Gasteiger partial charge in [-0.15, -0.1) is 0 Å². The molecule has 0 aliphatic carbocycles. The Labute approximate surface area is 67.3 Å². The zero-order valence-corrected chi connectivity index (χ0v) is 7.32. The Morgan fingerprint density at radius 3 is 2.09 bits per heavy atom. The van der Waals surface area contributed by atoms with Gasteiger partial charge in [-0.3, -0.25) is 0 Å². The van der Waals surface area contributed by atoms with Crippen molar-refractivity contribution in [1.29, 1.82) is 0 Å². The molecule has 0 unspecified atom stereocenters. The number of hydrogen-bond acceptors (Lipinski definition) is 1. The molecule has 0 radical (unpaired) electrons. The molecule has 2 heteroatoms. The number of nitrogens with zero attached hydrogens (tertiary/aromatic N) is 1. The third-order valence-electron chi connectivity index (χ3n) is 1.45. The SMILES string of the molecule is C=C(F)/N=C(/C)C(=C)C(C)C. The summed E-state index contributed by atoms with van der Waals surface area (Å²) >= 11 is 0. The fourth-order valence-corrected chi connectivity index (χ4v) is 0.672. The van der Waals surface area contributed by atoms with E-state index in [0.29, 0.717) is 11.6 Å². The van der Waals surface area contributed by atoms with Gasteiger partial charge in [-0.05, 0) is 25.0 Å². The van der Waals surface area contributed by atoms with Crippen LogP contribution in [0.15, 0.2) is 29.7 Å². The first-order valence-corrected chi connectivity index (χ1v) is 3.54. The van der Waals surface area contributed by atoms with E-state index in [1.165, 1.54) is 0 Å². The fraction of sp³-hybridized carbons (Fsp3) is 0.444. The third-order valence-corrected chi connectivity index (χ3v) is 1.45. The van der Waals surface area contributed by atoms with Crippen molar-refractivity contribution >= 4 is 5.71 Å². The number of halogens is 1. The van der Waals surface area contributed by atoms with Crippen LogP contribution in [0.4, 0.5) is 4.39 Å². The molecule has 0 atom stereocenters. The minimum Gasteiger partial charge on any atom is -0.225 e. The van der Waals surface area contributed by atoms with Crippen molar-refractivity contribution in [2.45, 2.75) is 20.8 Å². The number of allylic oxidation sites excluding steroid dienone is 1. The minimum atomic E-state index is -0.663. The topological polar surface area (TPSA) is 12.4 Å². The zero-order chi connectivity index (χ0) is 9.02. The van der Waals surface area contributed by atoms with Gasteiger partial charge >= 0.3 is 0 Å². The second-order valence-electron chi connectivity index (χ2n) is 2.75. The molecular weight excluding hydrogens is 141 g/mol. The van der Waals surface area contributed by atoms with Crippen molar-refractivity contribution in [1.82, 2.24) is 0 Å². The molecule has 62 valence electrons. The van der Waals surface area contributed by atoms with Crippen molar-refractivity contribution in [3.8, 4) is 0 Å². The molecule has 11 heavy (non-hydrogen) atoms. The molecule has 0 saturated carbocycles. The Bertz CT molecular complexity index is 202. The molecule has 0 aromatic heterocycles. The molecule has 0 aliphatic rings. The van der Waals surface area contributed by atoms with Gasteiger partial charge in [0.15, 0.2) is 0 Å². The second-order valence-corrected chi connectivity index (χ2v) is 2.75. The Kier molecular flexibility index (Phi) is 3.72. The van der Waals surface area contributed by atoms with Crippen LogP contribution in [0, 0.1) is 5.92 Å². The number of rotatable bonds is 3. The van der Waals surface area contributed by atoms with Crippen molar-refractivity contribution in [3.63, 3.8) is 0 Å². The Morgan fingerprint density at radius 2 is 1.82 bits per heavy atom. The maximum absolute atomic E-state index is 12.2. The summed E-state index contributed by atoms with van der Waals surface area (Å²) in [7, 11) is 0. The monoisotopic (exact) mass is 155 g/mol. The Hall–Kier alpha value is -0.920. The van der Waals surface area contributed by atoms with Crippen molar-refractivity contribution in [2.24, 2.45) is 10.9 Å². The summed E-state index contributed by atoms with van der Waals surface area (Å²) in [6, 6.07) is 0. The van der Waals surface area contributed by atoms with E-state index in [4.69, 9.17) is 0 Å². The van der Waals surface area contributed by atoms with Crippen LogP contribution in [0.25, 0.3) is 0 Å². The van der Waals surface area contributed by atoms with E-state index < -0.39 is 5.95 Å². The Balaban J connectivity index is 4.36. The summed E-state index contributed by atoms with van der Waals surface area (Å²) in [5.74, 6) is -0.359. The van der Waals surface area contributed by atoms with Crippen molar-refractivity contribution in [3.05, 3.63) is 24.7 Å². The van der Waals surface area contributed by atoms with E-state index in [2.05, 4.69) is 18.2 Å². The lowest BCUT2D eigenvalue weighted by molar-refractivity contribution is 0.632. The summed E-state index contributed by atoms with van der Waals surface area (Å²) in [4.78, 5) is 3.55. The quantitative estimate of drug-likeness (QED) is 0.438.